The van der Waals surface area contributed by atoms with Crippen LogP contribution in [0.4, 0.5) is 16.2 Å². The van der Waals surface area contributed by atoms with Crippen molar-refractivity contribution in [2.45, 2.75) is 33.4 Å². The molecule has 3 aromatic carbocycles. The first-order valence-corrected chi connectivity index (χ1v) is 13.0. The van der Waals surface area contributed by atoms with E-state index in [1.165, 1.54) is 0 Å². The van der Waals surface area contributed by atoms with E-state index < -0.39 is 6.17 Å². The largest absolute Gasteiger partial charge is 0.370 e. The number of benzene rings is 3. The van der Waals surface area contributed by atoms with E-state index in [4.69, 9.17) is 9.98 Å². The van der Waals surface area contributed by atoms with Crippen LogP contribution in [-0.2, 0) is 0 Å². The van der Waals surface area contributed by atoms with Gasteiger partial charge in [-0.1, -0.05) is 74.5 Å². The predicted octanol–water partition coefficient (Wildman–Crippen LogP) is 5.35. The minimum Gasteiger partial charge on any atom is -0.370 e. The molecule has 1 heterocycles. The van der Waals surface area contributed by atoms with E-state index in [0.29, 0.717) is 5.84 Å². The van der Waals surface area contributed by atoms with Crippen LogP contribution in [0.25, 0.3) is 0 Å². The molecule has 1 aliphatic heterocycles. The van der Waals surface area contributed by atoms with Crippen LogP contribution < -0.4 is 16.0 Å². The van der Waals surface area contributed by atoms with E-state index in [-0.39, 0.29) is 6.03 Å². The molecule has 0 aromatic heterocycles. The van der Waals surface area contributed by atoms with Crippen LogP contribution >= 0.6 is 0 Å². The number of hydrogen-bond donors (Lipinski definition) is 3. The van der Waals surface area contributed by atoms with Crippen molar-refractivity contribution in [2.75, 3.05) is 31.5 Å². The number of aliphatic imine (C=N–C) groups is 2. The standard InChI is InChI=1S/C30H36N6O/c1-4-36(5-2)20-12-19-31-28-29(35-30(37)32-24-16-11-13-22(3)21-24)34-27(23-14-7-6-8-15-23)25-17-9-10-18-26(25)33-28/h6-11,13-18,21,29H,4-5,12,19-20H2,1-3H3,(H,31,33)(H2,32,35,37). The van der Waals surface area contributed by atoms with Crippen LogP contribution in [0.2, 0.25) is 0 Å². The molecule has 37 heavy (non-hydrogen) atoms. The highest BCUT2D eigenvalue weighted by Gasteiger charge is 2.25. The second-order valence-electron chi connectivity index (χ2n) is 9.04. The van der Waals surface area contributed by atoms with Crippen molar-refractivity contribution in [3.63, 3.8) is 0 Å². The van der Waals surface area contributed by atoms with Crippen LogP contribution in [0, 0.1) is 6.92 Å². The van der Waals surface area contributed by atoms with Gasteiger partial charge in [0.05, 0.1) is 11.4 Å². The summed E-state index contributed by atoms with van der Waals surface area (Å²) in [6.07, 6.45) is 0.278. The summed E-state index contributed by atoms with van der Waals surface area (Å²) in [4.78, 5) is 25.5. The van der Waals surface area contributed by atoms with Crippen LogP contribution in [-0.4, -0.2) is 54.8 Å². The summed E-state index contributed by atoms with van der Waals surface area (Å²) < 4.78 is 0. The number of nitrogens with one attached hydrogen (secondary N) is 3. The third-order valence-corrected chi connectivity index (χ3v) is 6.36. The highest BCUT2D eigenvalue weighted by atomic mass is 16.2. The van der Waals surface area contributed by atoms with Gasteiger partial charge in [0.15, 0.2) is 6.17 Å². The molecule has 0 saturated heterocycles. The Labute approximate surface area is 219 Å². The molecule has 3 aromatic rings. The number of hydrogen-bond acceptors (Lipinski definition) is 5. The molecule has 7 nitrogen and oxygen atoms in total. The molecule has 0 saturated carbocycles. The van der Waals surface area contributed by atoms with Gasteiger partial charge in [0.25, 0.3) is 0 Å². The number of carbonyl (C=O) groups excluding carboxylic acids is 1. The average molecular weight is 497 g/mol. The molecule has 4 rings (SSSR count). The number of amides is 2. The lowest BCUT2D eigenvalue weighted by molar-refractivity contribution is 0.251. The lowest BCUT2D eigenvalue weighted by Gasteiger charge is -2.21. The van der Waals surface area contributed by atoms with Crippen molar-refractivity contribution in [2.24, 2.45) is 9.98 Å². The SMILES string of the molecule is CCN(CC)CCCNC1=Nc2ccccc2C(c2ccccc2)=NC1NC(=O)Nc1cccc(C)c1. The summed E-state index contributed by atoms with van der Waals surface area (Å²) in [5, 5.41) is 9.46. The van der Waals surface area contributed by atoms with E-state index in [1.54, 1.807) is 0 Å². The molecule has 0 aliphatic carbocycles. The average Bonchev–Trinajstić information content (AvgIpc) is 3.06. The van der Waals surface area contributed by atoms with Gasteiger partial charge >= 0.3 is 6.03 Å². The summed E-state index contributed by atoms with van der Waals surface area (Å²) in [5.74, 6) is 0.623. The Hall–Kier alpha value is -3.97. The fraction of sp³-hybridized carbons (Fsp3) is 0.300. The summed E-state index contributed by atoms with van der Waals surface area (Å²) in [6, 6.07) is 25.4. The van der Waals surface area contributed by atoms with Crippen LogP contribution in [0.5, 0.6) is 0 Å². The molecule has 1 aliphatic rings. The van der Waals surface area contributed by atoms with E-state index in [2.05, 4.69) is 34.7 Å². The number of rotatable bonds is 9. The number of carbonyl (C=O) groups is 1. The highest BCUT2D eigenvalue weighted by molar-refractivity contribution is 6.18. The maximum Gasteiger partial charge on any atom is 0.321 e. The Morgan fingerprint density at radius 2 is 1.70 bits per heavy atom. The third kappa shape index (κ3) is 7.05. The van der Waals surface area contributed by atoms with Gasteiger partial charge in [-0.05, 0) is 56.7 Å². The number of fused-ring (bicyclic) bond motifs is 1. The molecule has 0 spiro atoms. The normalized spacial score (nSPS) is 14.8. The first-order chi connectivity index (χ1) is 18.1. The second kappa shape index (κ2) is 12.8. The van der Waals surface area contributed by atoms with Gasteiger partial charge in [0, 0.05) is 23.4 Å². The van der Waals surface area contributed by atoms with Gasteiger partial charge in [-0.15, -0.1) is 0 Å². The quantitative estimate of drug-likeness (QED) is 0.350. The number of nitrogens with zero attached hydrogens (tertiary/aromatic N) is 3. The summed E-state index contributed by atoms with van der Waals surface area (Å²) in [5.41, 5.74) is 5.32. The van der Waals surface area contributed by atoms with Crippen molar-refractivity contribution in [1.29, 1.82) is 0 Å². The predicted molar refractivity (Wildman–Crippen MR) is 153 cm³/mol. The summed E-state index contributed by atoms with van der Waals surface area (Å²) in [7, 11) is 0. The molecule has 192 valence electrons. The van der Waals surface area contributed by atoms with Crippen molar-refractivity contribution in [1.82, 2.24) is 15.5 Å². The van der Waals surface area contributed by atoms with Gasteiger partial charge in [-0.25, -0.2) is 9.79 Å². The first kappa shape index (κ1) is 26.1. The third-order valence-electron chi connectivity index (χ3n) is 6.36. The lowest BCUT2D eigenvalue weighted by Crippen LogP contribution is -2.47. The van der Waals surface area contributed by atoms with Gasteiger partial charge in [0.2, 0.25) is 0 Å². The lowest BCUT2D eigenvalue weighted by atomic mass is 10.0. The van der Waals surface area contributed by atoms with Gasteiger partial charge in [-0.2, -0.15) is 0 Å². The number of amidine groups is 1. The Morgan fingerprint density at radius 3 is 2.46 bits per heavy atom. The molecule has 1 atom stereocenters. The molecular weight excluding hydrogens is 460 g/mol. The maximum atomic E-state index is 13.1. The Bertz CT molecular complexity index is 1250. The van der Waals surface area contributed by atoms with E-state index in [0.717, 1.165) is 66.4 Å². The second-order valence-corrected chi connectivity index (χ2v) is 9.04. The zero-order valence-electron chi connectivity index (χ0n) is 21.9. The Morgan fingerprint density at radius 1 is 0.946 bits per heavy atom. The van der Waals surface area contributed by atoms with Gasteiger partial charge in [0.1, 0.15) is 5.84 Å². The van der Waals surface area contributed by atoms with Crippen molar-refractivity contribution in [3.05, 3.63) is 95.6 Å². The molecule has 1 unspecified atom stereocenters. The van der Waals surface area contributed by atoms with Crippen LogP contribution in [0.3, 0.4) is 0 Å². The Kier molecular flexibility index (Phi) is 9.05. The van der Waals surface area contributed by atoms with E-state index in [1.807, 2.05) is 85.8 Å². The van der Waals surface area contributed by atoms with E-state index >= 15 is 0 Å². The molecule has 0 bridgehead atoms. The fourth-order valence-electron chi connectivity index (χ4n) is 4.36. The highest BCUT2D eigenvalue weighted by Crippen LogP contribution is 2.26. The van der Waals surface area contributed by atoms with Crippen LogP contribution in [0.15, 0.2) is 88.8 Å². The van der Waals surface area contributed by atoms with Crippen molar-refractivity contribution < 1.29 is 4.79 Å². The number of urea groups is 1. The number of aryl methyl sites for hydroxylation is 1. The van der Waals surface area contributed by atoms with Crippen LogP contribution in [0.1, 0.15) is 37.0 Å². The smallest absolute Gasteiger partial charge is 0.321 e. The fourth-order valence-corrected chi connectivity index (χ4v) is 4.36. The molecule has 7 heteroatoms. The monoisotopic (exact) mass is 496 g/mol. The minimum atomic E-state index is -0.680. The molecule has 0 fully saturated rings. The molecule has 0 radical (unpaired) electrons. The minimum absolute atomic E-state index is 0.338. The van der Waals surface area contributed by atoms with Gasteiger partial charge < -0.3 is 20.9 Å². The summed E-state index contributed by atoms with van der Waals surface area (Å²) >= 11 is 0. The first-order valence-electron chi connectivity index (χ1n) is 13.0. The van der Waals surface area contributed by atoms with Gasteiger partial charge in [-0.3, -0.25) is 4.99 Å². The molecular formula is C30H36N6O. The summed E-state index contributed by atoms with van der Waals surface area (Å²) in [6.45, 7) is 10.1. The van der Waals surface area contributed by atoms with E-state index in [9.17, 15) is 4.79 Å². The topological polar surface area (TPSA) is 81.1 Å². The molecule has 2 amide bonds. The zero-order chi connectivity index (χ0) is 26.0. The number of para-hydroxylation sites is 1. The Balaban J connectivity index is 1.63. The number of anilines is 1. The maximum absolute atomic E-state index is 13.1. The molecule has 3 N–H and O–H groups in total. The van der Waals surface area contributed by atoms with Crippen molar-refractivity contribution in [3.8, 4) is 0 Å². The zero-order valence-corrected chi connectivity index (χ0v) is 21.9. The van der Waals surface area contributed by atoms with Crippen molar-refractivity contribution >= 4 is 29.0 Å².